The number of nitrogens with zero attached hydrogens (tertiary/aromatic N) is 1. The van der Waals surface area contributed by atoms with Crippen molar-refractivity contribution < 1.29 is 4.79 Å². The summed E-state index contributed by atoms with van der Waals surface area (Å²) in [6, 6.07) is 12.5. The van der Waals surface area contributed by atoms with Crippen LogP contribution >= 0.6 is 11.3 Å². The molecule has 0 saturated heterocycles. The molecule has 1 saturated carbocycles. The highest BCUT2D eigenvalue weighted by atomic mass is 32.1. The molecule has 3 nitrogen and oxygen atoms in total. The molecule has 22 heavy (non-hydrogen) atoms. The number of rotatable bonds is 4. The Morgan fingerprint density at radius 1 is 1.23 bits per heavy atom. The number of hydrogen-bond acceptors (Lipinski definition) is 2. The van der Waals surface area contributed by atoms with E-state index >= 15 is 0 Å². The summed E-state index contributed by atoms with van der Waals surface area (Å²) in [5.41, 5.74) is 2.06. The molecule has 1 aliphatic carbocycles. The fourth-order valence-electron chi connectivity index (χ4n) is 2.99. The summed E-state index contributed by atoms with van der Waals surface area (Å²) >= 11 is 1.71. The molecule has 0 radical (unpaired) electrons. The molecule has 1 fully saturated rings. The zero-order valence-electron chi connectivity index (χ0n) is 12.9. The van der Waals surface area contributed by atoms with E-state index in [9.17, 15) is 4.79 Å². The second kappa shape index (κ2) is 6.97. The number of thiophene rings is 1. The Bertz CT molecular complexity index is 601. The molecule has 1 aromatic carbocycles. The van der Waals surface area contributed by atoms with Gasteiger partial charge in [0, 0.05) is 16.6 Å². The van der Waals surface area contributed by atoms with Crippen molar-refractivity contribution in [3.63, 3.8) is 0 Å². The van der Waals surface area contributed by atoms with Crippen molar-refractivity contribution in [1.82, 2.24) is 4.90 Å². The van der Waals surface area contributed by atoms with Crippen molar-refractivity contribution in [3.8, 4) is 0 Å². The summed E-state index contributed by atoms with van der Waals surface area (Å²) in [7, 11) is 0. The van der Waals surface area contributed by atoms with E-state index in [1.807, 2.05) is 42.2 Å². The third kappa shape index (κ3) is 3.69. The Hall–Kier alpha value is -1.81. The van der Waals surface area contributed by atoms with Crippen molar-refractivity contribution in [1.29, 1.82) is 0 Å². The molecule has 0 aliphatic heterocycles. The van der Waals surface area contributed by atoms with Crippen LogP contribution in [0.15, 0.2) is 41.8 Å². The number of carbonyl (C=O) groups is 1. The maximum atomic E-state index is 12.7. The molecule has 0 bridgehead atoms. The van der Waals surface area contributed by atoms with E-state index in [0.717, 1.165) is 18.5 Å². The number of hydrogen-bond donors (Lipinski definition) is 1. The van der Waals surface area contributed by atoms with Crippen molar-refractivity contribution in [2.24, 2.45) is 0 Å². The van der Waals surface area contributed by atoms with Gasteiger partial charge in [0.05, 0.1) is 6.54 Å². The number of urea groups is 1. The molecule has 0 atom stereocenters. The van der Waals surface area contributed by atoms with Crippen LogP contribution in [-0.2, 0) is 6.54 Å². The highest BCUT2D eigenvalue weighted by Gasteiger charge is 2.27. The first-order chi connectivity index (χ1) is 10.7. The minimum Gasteiger partial charge on any atom is -0.316 e. The number of anilines is 1. The highest BCUT2D eigenvalue weighted by Crippen LogP contribution is 2.26. The van der Waals surface area contributed by atoms with Crippen LogP contribution in [0.3, 0.4) is 0 Å². The lowest BCUT2D eigenvalue weighted by Crippen LogP contribution is -2.40. The van der Waals surface area contributed by atoms with Gasteiger partial charge < -0.3 is 10.2 Å². The molecule has 3 rings (SSSR count). The van der Waals surface area contributed by atoms with E-state index in [-0.39, 0.29) is 6.03 Å². The normalized spacial score (nSPS) is 15.0. The van der Waals surface area contributed by atoms with E-state index in [4.69, 9.17) is 0 Å². The molecule has 1 aromatic heterocycles. The number of benzene rings is 1. The van der Waals surface area contributed by atoms with Crippen LogP contribution < -0.4 is 5.32 Å². The number of nitrogens with one attached hydrogen (secondary N) is 1. The van der Waals surface area contributed by atoms with E-state index in [1.165, 1.54) is 23.3 Å². The zero-order valence-corrected chi connectivity index (χ0v) is 13.7. The summed E-state index contributed by atoms with van der Waals surface area (Å²) in [6.45, 7) is 2.76. The van der Waals surface area contributed by atoms with Crippen LogP contribution in [-0.4, -0.2) is 17.0 Å². The van der Waals surface area contributed by atoms with Crippen LogP contribution in [0.4, 0.5) is 10.5 Å². The first-order valence-electron chi connectivity index (χ1n) is 7.89. The Labute approximate surface area is 136 Å². The SMILES string of the molecule is Cc1ccc(NC(=O)N(Cc2cccs2)C2CCCC2)cc1. The standard InChI is InChI=1S/C18H22N2OS/c1-14-8-10-15(11-9-14)19-18(21)20(16-5-2-3-6-16)13-17-7-4-12-22-17/h4,7-12,16H,2-3,5-6,13H2,1H3,(H,19,21). The topological polar surface area (TPSA) is 32.3 Å². The number of amides is 2. The fraction of sp³-hybridized carbons (Fsp3) is 0.389. The van der Waals surface area contributed by atoms with Gasteiger partial charge in [0.15, 0.2) is 0 Å². The quantitative estimate of drug-likeness (QED) is 0.843. The summed E-state index contributed by atoms with van der Waals surface area (Å²) < 4.78 is 0. The number of aryl methyl sites for hydroxylation is 1. The largest absolute Gasteiger partial charge is 0.322 e. The minimum atomic E-state index is 0.0177. The Morgan fingerprint density at radius 2 is 1.95 bits per heavy atom. The monoisotopic (exact) mass is 314 g/mol. The van der Waals surface area contributed by atoms with Gasteiger partial charge in [-0.1, -0.05) is 36.6 Å². The summed E-state index contributed by atoms with van der Waals surface area (Å²) in [5.74, 6) is 0. The van der Waals surface area contributed by atoms with Gasteiger partial charge in [-0.15, -0.1) is 11.3 Å². The zero-order chi connectivity index (χ0) is 15.4. The van der Waals surface area contributed by atoms with Gasteiger partial charge in [-0.05, 0) is 43.3 Å². The van der Waals surface area contributed by atoms with Crippen molar-refractivity contribution >= 4 is 23.1 Å². The summed E-state index contributed by atoms with van der Waals surface area (Å²) in [4.78, 5) is 16.0. The summed E-state index contributed by atoms with van der Waals surface area (Å²) in [5, 5.41) is 5.12. The third-order valence-electron chi connectivity index (χ3n) is 4.24. The average Bonchev–Trinajstić information content (AvgIpc) is 3.20. The van der Waals surface area contributed by atoms with E-state index in [2.05, 4.69) is 16.8 Å². The Morgan fingerprint density at radius 3 is 2.59 bits per heavy atom. The highest BCUT2D eigenvalue weighted by molar-refractivity contribution is 7.09. The van der Waals surface area contributed by atoms with Crippen LogP contribution in [0.25, 0.3) is 0 Å². The molecule has 0 spiro atoms. The van der Waals surface area contributed by atoms with E-state index in [1.54, 1.807) is 11.3 Å². The van der Waals surface area contributed by atoms with Gasteiger partial charge in [0.1, 0.15) is 0 Å². The van der Waals surface area contributed by atoms with Gasteiger partial charge >= 0.3 is 6.03 Å². The molecule has 1 aliphatic rings. The van der Waals surface area contributed by atoms with Crippen LogP contribution in [0, 0.1) is 6.92 Å². The molecule has 1 heterocycles. The van der Waals surface area contributed by atoms with Crippen LogP contribution in [0.5, 0.6) is 0 Å². The van der Waals surface area contributed by atoms with Crippen molar-refractivity contribution in [2.45, 2.75) is 45.2 Å². The molecule has 0 unspecified atom stereocenters. The molecule has 1 N–H and O–H groups in total. The van der Waals surface area contributed by atoms with Crippen molar-refractivity contribution in [3.05, 3.63) is 52.2 Å². The average molecular weight is 314 g/mol. The minimum absolute atomic E-state index is 0.0177. The first kappa shape index (κ1) is 15.1. The van der Waals surface area contributed by atoms with Crippen LogP contribution in [0.2, 0.25) is 0 Å². The molecular weight excluding hydrogens is 292 g/mol. The number of carbonyl (C=O) groups excluding carboxylic acids is 1. The molecule has 2 aromatic rings. The third-order valence-corrected chi connectivity index (χ3v) is 5.10. The molecule has 4 heteroatoms. The fourth-order valence-corrected chi connectivity index (χ4v) is 3.69. The smallest absolute Gasteiger partial charge is 0.316 e. The Kier molecular flexibility index (Phi) is 4.78. The maximum absolute atomic E-state index is 12.7. The summed E-state index contributed by atoms with van der Waals surface area (Å²) in [6.07, 6.45) is 4.69. The van der Waals surface area contributed by atoms with Gasteiger partial charge in [0.2, 0.25) is 0 Å². The first-order valence-corrected chi connectivity index (χ1v) is 8.77. The molecule has 2 amide bonds. The van der Waals surface area contributed by atoms with Crippen molar-refractivity contribution in [2.75, 3.05) is 5.32 Å². The lowest BCUT2D eigenvalue weighted by molar-refractivity contribution is 0.185. The lowest BCUT2D eigenvalue weighted by Gasteiger charge is -2.28. The van der Waals surface area contributed by atoms with E-state index < -0.39 is 0 Å². The maximum Gasteiger partial charge on any atom is 0.322 e. The predicted octanol–water partition coefficient (Wildman–Crippen LogP) is 5.03. The second-order valence-corrected chi connectivity index (χ2v) is 6.97. The lowest BCUT2D eigenvalue weighted by atomic mass is 10.2. The van der Waals surface area contributed by atoms with Gasteiger partial charge in [0.25, 0.3) is 0 Å². The predicted molar refractivity (Wildman–Crippen MR) is 92.3 cm³/mol. The second-order valence-electron chi connectivity index (χ2n) is 5.94. The van der Waals surface area contributed by atoms with Gasteiger partial charge in [-0.2, -0.15) is 0 Å². The van der Waals surface area contributed by atoms with Gasteiger partial charge in [-0.25, -0.2) is 4.79 Å². The van der Waals surface area contributed by atoms with Gasteiger partial charge in [-0.3, -0.25) is 0 Å². The van der Waals surface area contributed by atoms with E-state index in [0.29, 0.717) is 12.6 Å². The molecular formula is C18H22N2OS. The van der Waals surface area contributed by atoms with Crippen LogP contribution in [0.1, 0.15) is 36.1 Å². The Balaban J connectivity index is 1.72. The molecule has 116 valence electrons.